The maximum Gasteiger partial charge on any atom is 0.342 e. The van der Waals surface area contributed by atoms with Crippen LogP contribution in [0.1, 0.15) is 52.9 Å². The van der Waals surface area contributed by atoms with Crippen LogP contribution in [0.15, 0.2) is 12.2 Å². The molecule has 5 heterocycles. The van der Waals surface area contributed by atoms with E-state index in [1.54, 1.807) is 20.8 Å². The molecule has 13 atom stereocenters. The number of aliphatic hydroxyl groups excluding tert-OH is 1. The van der Waals surface area contributed by atoms with Gasteiger partial charge in [-0.05, 0) is 63.4 Å². The molecule has 3 aliphatic carbocycles. The summed E-state index contributed by atoms with van der Waals surface area (Å²) < 4.78 is 24.9. The van der Waals surface area contributed by atoms with Crippen LogP contribution in [-0.4, -0.2) is 85.8 Å². The molecule has 5 saturated heterocycles. The van der Waals surface area contributed by atoms with Crippen LogP contribution in [0.25, 0.3) is 0 Å². The van der Waals surface area contributed by atoms with Gasteiger partial charge in [-0.2, -0.15) is 0 Å². The molecule has 39 heavy (non-hydrogen) atoms. The van der Waals surface area contributed by atoms with Gasteiger partial charge in [-0.15, -0.1) is 0 Å². The minimum Gasteiger partial charge on any atom is -0.458 e. The average molecular weight is 545 g/mol. The summed E-state index contributed by atoms with van der Waals surface area (Å²) in [5.74, 6) is -8.35. The molecule has 11 heteroatoms. The lowest BCUT2D eigenvalue weighted by Gasteiger charge is -2.64. The fourth-order valence-corrected chi connectivity index (χ4v) is 10.6. The summed E-state index contributed by atoms with van der Waals surface area (Å²) >= 11 is 0. The second-order valence-corrected chi connectivity index (χ2v) is 13.8. The Labute approximate surface area is 223 Å². The number of aliphatic hydroxyl groups is 3. The number of Topliss-reactive ketones (excluding diaryl/α,β-unsaturated/α-hetero) is 1. The summed E-state index contributed by atoms with van der Waals surface area (Å²) in [5.41, 5.74) is -10.4. The van der Waals surface area contributed by atoms with Crippen molar-refractivity contribution in [1.82, 2.24) is 0 Å². The number of esters is 2. The first kappa shape index (κ1) is 24.6. The summed E-state index contributed by atoms with van der Waals surface area (Å²) in [4.78, 5) is 55.5. The first-order valence-electron chi connectivity index (χ1n) is 13.8. The van der Waals surface area contributed by atoms with Crippen molar-refractivity contribution in [3.63, 3.8) is 0 Å². The molecule has 2 spiro atoms. The van der Waals surface area contributed by atoms with E-state index in [-0.39, 0.29) is 38.7 Å². The van der Waals surface area contributed by atoms with Crippen LogP contribution >= 0.6 is 0 Å². The van der Waals surface area contributed by atoms with E-state index in [2.05, 4.69) is 0 Å². The predicted octanol–water partition coefficient (Wildman–Crippen LogP) is -0.277. The topological polar surface area (TPSA) is 166 Å². The Morgan fingerprint density at radius 1 is 1.05 bits per heavy atom. The second kappa shape index (κ2) is 6.49. The minimum absolute atomic E-state index is 0.0207. The molecule has 2 saturated carbocycles. The van der Waals surface area contributed by atoms with Gasteiger partial charge < -0.3 is 34.3 Å². The van der Waals surface area contributed by atoms with Crippen molar-refractivity contribution in [2.75, 3.05) is 6.61 Å². The summed E-state index contributed by atoms with van der Waals surface area (Å²) in [5, 5.41) is 35.6. The Morgan fingerprint density at radius 2 is 1.79 bits per heavy atom. The molecule has 0 unspecified atom stereocenters. The molecular weight excluding hydrogens is 512 g/mol. The number of carbonyl (C=O) groups excluding carboxylic acids is 4. The van der Waals surface area contributed by atoms with Gasteiger partial charge in [-0.3, -0.25) is 14.4 Å². The fraction of sp³-hybridized carbons (Fsp3) is 0.786. The molecule has 5 bridgehead atoms. The minimum atomic E-state index is -2.32. The molecule has 3 N–H and O–H groups in total. The van der Waals surface area contributed by atoms with E-state index in [0.717, 1.165) is 0 Å². The third kappa shape index (κ3) is 2.10. The van der Waals surface area contributed by atoms with Gasteiger partial charge in [0.1, 0.15) is 11.7 Å². The van der Waals surface area contributed by atoms with Crippen molar-refractivity contribution in [3.8, 4) is 0 Å². The number of rotatable bonds is 0. The highest BCUT2D eigenvalue weighted by Gasteiger charge is 2.93. The Bertz CT molecular complexity index is 1330. The Kier molecular flexibility index (Phi) is 4.09. The van der Waals surface area contributed by atoms with Crippen molar-refractivity contribution in [2.45, 2.75) is 93.3 Å². The Hall–Kier alpha value is -2.18. The van der Waals surface area contributed by atoms with Crippen LogP contribution in [0.5, 0.6) is 0 Å². The number of ketones is 2. The SMILES string of the molecule is C[C@@]12C[C@H]3OC(=O)[C@@H]1CO[C@@]14O[C@@]5([C@H]2C1=O)[C@@]3(C)OC(=O)[C@@]5(O)CC[C@H]1[C@H]4C[C@H](O)[C@]2(O)CC=CC(=O)[C@]12C. The summed E-state index contributed by atoms with van der Waals surface area (Å²) in [6, 6.07) is 0. The molecule has 0 aromatic rings. The van der Waals surface area contributed by atoms with Crippen molar-refractivity contribution >= 4 is 23.5 Å². The normalized spacial score (nSPS) is 62.0. The summed E-state index contributed by atoms with van der Waals surface area (Å²) in [6.45, 7) is 4.69. The van der Waals surface area contributed by atoms with Gasteiger partial charge >= 0.3 is 11.9 Å². The zero-order valence-electron chi connectivity index (χ0n) is 22.0. The maximum absolute atomic E-state index is 14.9. The molecule has 0 amide bonds. The van der Waals surface area contributed by atoms with Crippen LogP contribution < -0.4 is 0 Å². The number of hydrogen-bond donors (Lipinski definition) is 3. The smallest absolute Gasteiger partial charge is 0.342 e. The molecular formula is C28H32O11. The van der Waals surface area contributed by atoms with Gasteiger partial charge in [0.15, 0.2) is 28.4 Å². The van der Waals surface area contributed by atoms with Crippen molar-refractivity contribution in [1.29, 1.82) is 0 Å². The number of ether oxygens (including phenoxy) is 4. The first-order valence-corrected chi connectivity index (χ1v) is 13.8. The number of fused-ring (bicyclic) bond motifs is 5. The fourth-order valence-electron chi connectivity index (χ4n) is 10.6. The van der Waals surface area contributed by atoms with E-state index in [1.807, 2.05) is 0 Å². The van der Waals surface area contributed by atoms with Crippen LogP contribution in [-0.2, 0) is 38.1 Å². The zero-order valence-corrected chi connectivity index (χ0v) is 22.0. The van der Waals surface area contributed by atoms with Gasteiger partial charge in [0.05, 0.1) is 30.0 Å². The van der Waals surface area contributed by atoms with Gasteiger partial charge in [0.2, 0.25) is 5.79 Å². The van der Waals surface area contributed by atoms with Crippen molar-refractivity contribution < 1.29 is 53.4 Å². The molecule has 0 aromatic carbocycles. The Morgan fingerprint density at radius 3 is 2.54 bits per heavy atom. The molecule has 7 fully saturated rings. The predicted molar refractivity (Wildman–Crippen MR) is 125 cm³/mol. The monoisotopic (exact) mass is 544 g/mol. The van der Waals surface area contributed by atoms with E-state index in [9.17, 15) is 34.5 Å². The number of allylic oxidation sites excluding steroid dienone is 1. The Balaban J connectivity index is 1.43. The molecule has 210 valence electrons. The van der Waals surface area contributed by atoms with E-state index >= 15 is 0 Å². The van der Waals surface area contributed by atoms with Gasteiger partial charge in [-0.1, -0.05) is 13.0 Å². The van der Waals surface area contributed by atoms with E-state index < -0.39 is 98.4 Å². The summed E-state index contributed by atoms with van der Waals surface area (Å²) in [7, 11) is 0. The van der Waals surface area contributed by atoms with Gasteiger partial charge in [0, 0.05) is 5.92 Å². The average Bonchev–Trinajstić information content (AvgIpc) is 3.19. The lowest BCUT2D eigenvalue weighted by Crippen LogP contribution is -2.79. The lowest BCUT2D eigenvalue weighted by atomic mass is 9.46. The third-order valence-electron chi connectivity index (χ3n) is 12.7. The molecule has 5 aliphatic heterocycles. The number of hydrogen-bond acceptors (Lipinski definition) is 11. The summed E-state index contributed by atoms with van der Waals surface area (Å²) in [6.07, 6.45) is 0.491. The van der Waals surface area contributed by atoms with E-state index in [4.69, 9.17) is 18.9 Å². The number of carbonyl (C=O) groups is 4. The van der Waals surface area contributed by atoms with Crippen LogP contribution in [0, 0.1) is 34.5 Å². The zero-order chi connectivity index (χ0) is 27.8. The quantitative estimate of drug-likeness (QED) is 0.344. The molecule has 11 nitrogen and oxygen atoms in total. The van der Waals surface area contributed by atoms with Crippen molar-refractivity contribution in [2.24, 2.45) is 34.5 Å². The molecule has 8 rings (SSSR count). The highest BCUT2D eigenvalue weighted by Crippen LogP contribution is 2.75. The molecule has 0 aromatic heterocycles. The van der Waals surface area contributed by atoms with Crippen LogP contribution in [0.3, 0.4) is 0 Å². The van der Waals surface area contributed by atoms with Crippen LogP contribution in [0.2, 0.25) is 0 Å². The van der Waals surface area contributed by atoms with Gasteiger partial charge in [0.25, 0.3) is 0 Å². The standard InChI is InChI=1S/C28H32O11/c1-22-10-17-24(3)28-18(22)19(31)27(39-28,36-11-14(22)20(32)37-17)13-9-16(30)25(34)7-4-5-15(29)23(25,2)12(13)6-8-26(28,35)21(33)38-24/h4-5,12-14,16-18,30,34-35H,6-11H2,1-3H3/t12-,13+,14-,16-,17+,18-,22+,23-,24-,25+,26-,27-,28-/m0/s1. The van der Waals surface area contributed by atoms with Crippen molar-refractivity contribution in [3.05, 3.63) is 12.2 Å². The molecule has 8 aliphatic rings. The van der Waals surface area contributed by atoms with E-state index in [1.165, 1.54) is 12.2 Å². The maximum atomic E-state index is 14.9. The largest absolute Gasteiger partial charge is 0.458 e. The highest BCUT2D eigenvalue weighted by atomic mass is 16.8. The van der Waals surface area contributed by atoms with E-state index in [0.29, 0.717) is 0 Å². The van der Waals surface area contributed by atoms with Crippen LogP contribution in [0.4, 0.5) is 0 Å². The second-order valence-electron chi connectivity index (χ2n) is 13.8. The third-order valence-corrected chi connectivity index (χ3v) is 12.7. The first-order chi connectivity index (χ1) is 18.2. The van der Waals surface area contributed by atoms with Gasteiger partial charge in [-0.25, -0.2) is 4.79 Å². The highest BCUT2D eigenvalue weighted by molar-refractivity contribution is 6.00. The molecule has 0 radical (unpaired) electrons. The lowest BCUT2D eigenvalue weighted by molar-refractivity contribution is -0.382.